The smallest absolute Gasteiger partial charge is 0.0426 e. The molecular weight excluding hydrogens is 124 g/mol. The van der Waals surface area contributed by atoms with Crippen LogP contribution in [0.1, 0.15) is 6.92 Å². The zero-order chi connectivity index (χ0) is 7.82. The fourth-order valence-corrected chi connectivity index (χ4v) is 0.357. The fraction of sp³-hybridized carbons (Fsp3) is 0.375. The van der Waals surface area contributed by atoms with Gasteiger partial charge in [-0.25, -0.2) is 0 Å². The lowest BCUT2D eigenvalue weighted by Crippen LogP contribution is -1.99. The zero-order valence-electron chi connectivity index (χ0n) is 6.78. The molecule has 0 N–H and O–H groups in total. The van der Waals surface area contributed by atoms with Gasteiger partial charge < -0.3 is 4.90 Å². The molecule has 0 heterocycles. The predicted molar refractivity (Wildman–Crippen MR) is 46.1 cm³/mol. The van der Waals surface area contributed by atoms with E-state index in [2.05, 4.69) is 4.99 Å². The van der Waals surface area contributed by atoms with Crippen LogP contribution >= 0.6 is 0 Å². The molecule has 0 spiro atoms. The van der Waals surface area contributed by atoms with Crippen molar-refractivity contribution >= 4 is 6.21 Å². The second kappa shape index (κ2) is 6.08. The summed E-state index contributed by atoms with van der Waals surface area (Å²) in [7, 11) is 3.92. The maximum absolute atomic E-state index is 3.97. The number of allylic oxidation sites excluding steroid dienone is 2. The molecule has 0 saturated carbocycles. The van der Waals surface area contributed by atoms with Gasteiger partial charge in [0.15, 0.2) is 0 Å². The van der Waals surface area contributed by atoms with E-state index in [9.17, 15) is 0 Å². The normalized spacial score (nSPS) is 12.3. The average molecular weight is 138 g/mol. The summed E-state index contributed by atoms with van der Waals surface area (Å²) in [5.74, 6) is 0. The SMILES string of the molecule is C\C=C/C=N/C=C\N(C)C. The third kappa shape index (κ3) is 6.95. The predicted octanol–water partition coefficient (Wildman–Crippen LogP) is 1.67. The molecule has 0 aliphatic heterocycles. The van der Waals surface area contributed by atoms with Gasteiger partial charge in [0.1, 0.15) is 0 Å². The topological polar surface area (TPSA) is 15.6 Å². The molecule has 0 fully saturated rings. The van der Waals surface area contributed by atoms with Crippen LogP contribution in [0.4, 0.5) is 0 Å². The third-order valence-electron chi connectivity index (χ3n) is 0.815. The molecule has 0 aromatic heterocycles. The van der Waals surface area contributed by atoms with E-state index in [1.807, 2.05) is 44.3 Å². The lowest BCUT2D eigenvalue weighted by molar-refractivity contribution is 0.562. The van der Waals surface area contributed by atoms with E-state index >= 15 is 0 Å². The summed E-state index contributed by atoms with van der Waals surface area (Å²) in [6, 6.07) is 0. The van der Waals surface area contributed by atoms with Crippen LogP contribution in [0.15, 0.2) is 29.5 Å². The second-order valence-electron chi connectivity index (χ2n) is 2.09. The average Bonchev–Trinajstić information content (AvgIpc) is 1.87. The molecule has 0 aliphatic carbocycles. The standard InChI is InChI=1S/C8H14N2/c1-4-5-6-9-7-8-10(2)3/h4-8H,1-3H3/b5-4-,8-7-,9-6+. The van der Waals surface area contributed by atoms with Gasteiger partial charge in [-0.2, -0.15) is 0 Å². The van der Waals surface area contributed by atoms with Crippen molar-refractivity contribution in [1.82, 2.24) is 4.90 Å². The Kier molecular flexibility index (Phi) is 5.44. The molecule has 0 saturated heterocycles. The summed E-state index contributed by atoms with van der Waals surface area (Å²) in [5.41, 5.74) is 0. The van der Waals surface area contributed by atoms with E-state index < -0.39 is 0 Å². The van der Waals surface area contributed by atoms with Crippen molar-refractivity contribution in [1.29, 1.82) is 0 Å². The van der Waals surface area contributed by atoms with Gasteiger partial charge in [0.05, 0.1) is 0 Å². The fourth-order valence-electron chi connectivity index (χ4n) is 0.357. The maximum Gasteiger partial charge on any atom is 0.0426 e. The first-order chi connectivity index (χ1) is 4.77. The lowest BCUT2D eigenvalue weighted by atomic mass is 10.6. The van der Waals surface area contributed by atoms with Crippen molar-refractivity contribution in [3.05, 3.63) is 24.6 Å². The van der Waals surface area contributed by atoms with Crippen molar-refractivity contribution in [2.45, 2.75) is 6.92 Å². The van der Waals surface area contributed by atoms with Crippen molar-refractivity contribution in [3.8, 4) is 0 Å². The molecule has 56 valence electrons. The van der Waals surface area contributed by atoms with Gasteiger partial charge in [0.2, 0.25) is 0 Å². The Morgan fingerprint density at radius 3 is 2.50 bits per heavy atom. The van der Waals surface area contributed by atoms with Crippen LogP contribution in [0.25, 0.3) is 0 Å². The summed E-state index contributed by atoms with van der Waals surface area (Å²) in [6.07, 6.45) is 9.22. The summed E-state index contributed by atoms with van der Waals surface area (Å²) >= 11 is 0. The van der Waals surface area contributed by atoms with Gasteiger partial charge in [0, 0.05) is 32.7 Å². The van der Waals surface area contributed by atoms with Gasteiger partial charge in [-0.1, -0.05) is 6.08 Å². The molecule has 0 rings (SSSR count). The molecule has 0 aromatic carbocycles. The van der Waals surface area contributed by atoms with Crippen molar-refractivity contribution < 1.29 is 0 Å². The summed E-state index contributed by atoms with van der Waals surface area (Å²) < 4.78 is 0. The van der Waals surface area contributed by atoms with E-state index in [0.717, 1.165) is 0 Å². The Morgan fingerprint density at radius 2 is 2.00 bits per heavy atom. The molecule has 0 aromatic rings. The van der Waals surface area contributed by atoms with Crippen molar-refractivity contribution in [2.24, 2.45) is 4.99 Å². The highest BCUT2D eigenvalue weighted by Crippen LogP contribution is 1.77. The largest absolute Gasteiger partial charge is 0.382 e. The number of rotatable bonds is 3. The Balaban J connectivity index is 3.51. The molecule has 0 unspecified atom stereocenters. The first kappa shape index (κ1) is 8.95. The minimum absolute atomic E-state index is 1.75. The first-order valence-corrected chi connectivity index (χ1v) is 3.25. The van der Waals surface area contributed by atoms with Gasteiger partial charge in [-0.05, 0) is 13.0 Å². The van der Waals surface area contributed by atoms with Gasteiger partial charge >= 0.3 is 0 Å². The van der Waals surface area contributed by atoms with Gasteiger partial charge in [-0.15, -0.1) is 0 Å². The monoisotopic (exact) mass is 138 g/mol. The Labute approximate surface area is 62.6 Å². The van der Waals surface area contributed by atoms with E-state index in [4.69, 9.17) is 0 Å². The number of hydrogen-bond donors (Lipinski definition) is 0. The minimum Gasteiger partial charge on any atom is -0.382 e. The van der Waals surface area contributed by atoms with Crippen molar-refractivity contribution in [3.63, 3.8) is 0 Å². The van der Waals surface area contributed by atoms with Crippen LogP contribution in [-0.2, 0) is 0 Å². The molecule has 0 amide bonds. The van der Waals surface area contributed by atoms with Gasteiger partial charge in [-0.3, -0.25) is 4.99 Å². The van der Waals surface area contributed by atoms with E-state index in [-0.39, 0.29) is 0 Å². The van der Waals surface area contributed by atoms with Crippen LogP contribution in [0.3, 0.4) is 0 Å². The summed E-state index contributed by atoms with van der Waals surface area (Å²) in [5, 5.41) is 0. The number of nitrogens with zero attached hydrogens (tertiary/aromatic N) is 2. The molecule has 2 nitrogen and oxygen atoms in total. The van der Waals surface area contributed by atoms with E-state index in [0.29, 0.717) is 0 Å². The van der Waals surface area contributed by atoms with Crippen LogP contribution < -0.4 is 0 Å². The Hall–Kier alpha value is -1.05. The second-order valence-corrected chi connectivity index (χ2v) is 2.09. The lowest BCUT2D eigenvalue weighted by Gasteiger charge is -1.99. The van der Waals surface area contributed by atoms with E-state index in [1.54, 1.807) is 12.4 Å². The highest BCUT2D eigenvalue weighted by molar-refractivity contribution is 5.71. The zero-order valence-corrected chi connectivity index (χ0v) is 6.78. The highest BCUT2D eigenvalue weighted by atomic mass is 15.0. The number of hydrogen-bond acceptors (Lipinski definition) is 2. The van der Waals surface area contributed by atoms with Gasteiger partial charge in [0.25, 0.3) is 0 Å². The van der Waals surface area contributed by atoms with Crippen molar-refractivity contribution in [2.75, 3.05) is 14.1 Å². The first-order valence-electron chi connectivity index (χ1n) is 3.25. The molecular formula is C8H14N2. The molecule has 10 heavy (non-hydrogen) atoms. The molecule has 0 atom stereocenters. The minimum atomic E-state index is 1.75. The molecule has 0 radical (unpaired) electrons. The van der Waals surface area contributed by atoms with E-state index in [1.165, 1.54) is 0 Å². The Bertz CT molecular complexity index is 143. The molecule has 0 aliphatic rings. The summed E-state index contributed by atoms with van der Waals surface area (Å²) in [6.45, 7) is 1.96. The third-order valence-corrected chi connectivity index (χ3v) is 0.815. The van der Waals surface area contributed by atoms with Crippen LogP contribution in [-0.4, -0.2) is 25.2 Å². The molecule has 0 bridgehead atoms. The molecule has 2 heteroatoms. The summed E-state index contributed by atoms with van der Waals surface area (Å²) in [4.78, 5) is 5.90. The van der Waals surface area contributed by atoms with Crippen LogP contribution in [0, 0.1) is 0 Å². The van der Waals surface area contributed by atoms with Crippen LogP contribution in [0.5, 0.6) is 0 Å². The highest BCUT2D eigenvalue weighted by Gasteiger charge is 1.69. The maximum atomic E-state index is 3.97. The quantitative estimate of drug-likeness (QED) is 0.541. The number of aliphatic imine (C=N–C) groups is 1. The van der Waals surface area contributed by atoms with Crippen LogP contribution in [0.2, 0.25) is 0 Å². The Morgan fingerprint density at radius 1 is 1.30 bits per heavy atom.